The third-order valence-electron chi connectivity index (χ3n) is 7.75. The molecule has 3 aliphatic rings. The van der Waals surface area contributed by atoms with Gasteiger partial charge >= 0.3 is 23.8 Å². The number of urea groups is 1. The van der Waals surface area contributed by atoms with Crippen molar-refractivity contribution >= 4 is 70.5 Å². The molecule has 2 saturated heterocycles. The first kappa shape index (κ1) is 33.3. The van der Waals surface area contributed by atoms with Crippen LogP contribution in [0, 0.1) is 0 Å². The molecule has 244 valence electrons. The normalized spacial score (nSPS) is 21.9. The average Bonchev–Trinajstić information content (AvgIpc) is 3.50. The molecule has 3 aliphatic heterocycles. The summed E-state index contributed by atoms with van der Waals surface area (Å²) in [6.07, 6.45) is 0. The van der Waals surface area contributed by atoms with E-state index in [1.165, 1.54) is 38.0 Å². The molecule has 16 nitrogen and oxygen atoms in total. The number of aliphatic hydroxyl groups is 1. The Hall–Kier alpha value is -4.07. The quantitative estimate of drug-likeness (QED) is 0.138. The predicted octanol–water partition coefficient (Wildman–Crippen LogP) is -0.171. The summed E-state index contributed by atoms with van der Waals surface area (Å²) in [5.74, 6) is -3.01. The zero-order valence-electron chi connectivity index (χ0n) is 24.8. The van der Waals surface area contributed by atoms with Crippen molar-refractivity contribution in [3.63, 3.8) is 0 Å². The highest BCUT2D eigenvalue weighted by atomic mass is 32.2. The Bertz CT molecular complexity index is 1600. The van der Waals surface area contributed by atoms with E-state index in [1.54, 1.807) is 44.2 Å². The van der Waals surface area contributed by atoms with E-state index < -0.39 is 46.7 Å². The smallest absolute Gasteiger partial charge is 0.352 e. The highest BCUT2D eigenvalue weighted by Crippen LogP contribution is 2.47. The second-order valence-corrected chi connectivity index (χ2v) is 13.0. The zero-order chi connectivity index (χ0) is 33.2. The molecule has 5 amide bonds. The van der Waals surface area contributed by atoms with Gasteiger partial charge in [-0.05, 0) is 35.4 Å². The number of carbonyl (C=O) groups excluding carboxylic acids is 4. The first-order chi connectivity index (χ1) is 22.0. The number of amides is 5. The van der Waals surface area contributed by atoms with Gasteiger partial charge in [0, 0.05) is 31.1 Å². The maximum absolute atomic E-state index is 13.9. The summed E-state index contributed by atoms with van der Waals surface area (Å²) in [6, 6.07) is 6.26. The fraction of sp³-hybridized carbons (Fsp3) is 0.444. The Kier molecular flexibility index (Phi) is 9.94. The van der Waals surface area contributed by atoms with E-state index in [2.05, 4.69) is 26.2 Å². The lowest BCUT2D eigenvalue weighted by molar-refractivity contribution is -0.153. The summed E-state index contributed by atoms with van der Waals surface area (Å²) in [7, 11) is 0. The third kappa shape index (κ3) is 6.18. The number of aliphatic carboxylic acids is 1. The third-order valence-corrected chi connectivity index (χ3v) is 10.9. The number of imide groups is 1. The van der Waals surface area contributed by atoms with Crippen molar-refractivity contribution in [1.82, 2.24) is 45.5 Å². The van der Waals surface area contributed by atoms with Crippen LogP contribution in [-0.2, 0) is 25.7 Å². The van der Waals surface area contributed by atoms with Crippen molar-refractivity contribution in [2.75, 3.05) is 37.7 Å². The molecule has 4 heterocycles. The number of thiocarbonyl (C=S) groups is 1. The van der Waals surface area contributed by atoms with Crippen molar-refractivity contribution in [3.8, 4) is 0 Å². The number of nitrogens with zero attached hydrogens (tertiary/aromatic N) is 7. The molecule has 1 aromatic heterocycles. The lowest BCUT2D eigenvalue weighted by atomic mass is 9.88. The number of carboxylic acid groups (broad SMARTS) is 1. The molecule has 1 aromatic carbocycles. The van der Waals surface area contributed by atoms with Crippen LogP contribution < -0.4 is 10.6 Å². The Morgan fingerprint density at radius 1 is 1.20 bits per heavy atom. The van der Waals surface area contributed by atoms with Crippen LogP contribution in [0.1, 0.15) is 25.5 Å². The molecule has 0 bridgehead atoms. The molecule has 0 radical (unpaired) electrons. The number of piperazine rings is 1. The minimum Gasteiger partial charge on any atom is -0.477 e. The fourth-order valence-electron chi connectivity index (χ4n) is 5.34. The summed E-state index contributed by atoms with van der Waals surface area (Å²) < 4.78 is 1.42. The molecule has 19 heteroatoms. The first-order valence-corrected chi connectivity index (χ1v) is 16.6. The van der Waals surface area contributed by atoms with Crippen LogP contribution in [0.5, 0.6) is 0 Å². The number of carboxylic acids is 1. The van der Waals surface area contributed by atoms with Crippen LogP contribution in [0.15, 0.2) is 46.8 Å². The highest BCUT2D eigenvalue weighted by molar-refractivity contribution is 8.01. The van der Waals surface area contributed by atoms with Gasteiger partial charge in [-0.15, -0.1) is 16.9 Å². The van der Waals surface area contributed by atoms with E-state index >= 15 is 0 Å². The van der Waals surface area contributed by atoms with Crippen LogP contribution >= 0.6 is 35.7 Å². The number of aliphatic hydroxyl groups excluding tert-OH is 1. The summed E-state index contributed by atoms with van der Waals surface area (Å²) >= 11 is 8.33. The second kappa shape index (κ2) is 13.7. The van der Waals surface area contributed by atoms with Crippen molar-refractivity contribution in [2.24, 2.45) is 0 Å². The van der Waals surface area contributed by atoms with Crippen molar-refractivity contribution in [3.05, 3.63) is 47.2 Å². The Balaban J connectivity index is 1.33. The van der Waals surface area contributed by atoms with Gasteiger partial charge in [-0.1, -0.05) is 54.3 Å². The van der Waals surface area contributed by atoms with Crippen molar-refractivity contribution in [1.29, 1.82) is 0 Å². The van der Waals surface area contributed by atoms with Gasteiger partial charge in [-0.3, -0.25) is 19.3 Å². The number of hydrogen-bond acceptors (Lipinski definition) is 12. The Labute approximate surface area is 276 Å². The molecule has 0 spiro atoms. The van der Waals surface area contributed by atoms with Crippen molar-refractivity contribution < 1.29 is 34.2 Å². The number of tetrazole rings is 1. The van der Waals surface area contributed by atoms with Crippen LogP contribution in [-0.4, -0.2) is 128 Å². The topological polar surface area (TPSA) is 203 Å². The van der Waals surface area contributed by atoms with Gasteiger partial charge in [0.2, 0.25) is 11.1 Å². The SMILES string of the molecule is CCN1CCN(C(=O)NC(C(=O)N[C@]2(C)C(=S)N3C(C(=O)O)=C(CSc4nnnn4CCO)CS[C@H]32)c2ccccc2)C(=O)C1=O. The number of hydrogen-bond donors (Lipinski definition) is 4. The first-order valence-electron chi connectivity index (χ1n) is 14.2. The number of likely N-dealkylation sites (N-methyl/N-ethyl adjacent to an activating group) is 1. The maximum atomic E-state index is 13.9. The summed E-state index contributed by atoms with van der Waals surface area (Å²) in [5.41, 5.74) is -0.130. The zero-order valence-corrected chi connectivity index (χ0v) is 27.2. The lowest BCUT2D eigenvalue weighted by Gasteiger charge is -2.58. The van der Waals surface area contributed by atoms with E-state index in [0.29, 0.717) is 28.6 Å². The molecule has 2 aromatic rings. The average molecular weight is 690 g/mol. The number of nitrogens with one attached hydrogen (secondary N) is 2. The van der Waals surface area contributed by atoms with Gasteiger partial charge in [0.25, 0.3) is 0 Å². The number of carbonyl (C=O) groups is 5. The summed E-state index contributed by atoms with van der Waals surface area (Å²) in [6.45, 7) is 3.94. The van der Waals surface area contributed by atoms with Crippen LogP contribution in [0.2, 0.25) is 0 Å². The number of aromatic nitrogens is 4. The molecular weight excluding hydrogens is 659 g/mol. The highest BCUT2D eigenvalue weighted by Gasteiger charge is 2.60. The molecule has 0 saturated carbocycles. The molecule has 0 aliphatic carbocycles. The van der Waals surface area contributed by atoms with Gasteiger partial charge in [0.05, 0.1) is 13.2 Å². The Morgan fingerprint density at radius 2 is 1.93 bits per heavy atom. The van der Waals surface area contributed by atoms with Gasteiger partial charge in [-0.2, -0.15) is 0 Å². The number of thioether (sulfide) groups is 2. The monoisotopic (exact) mass is 689 g/mol. The molecule has 3 atom stereocenters. The van der Waals surface area contributed by atoms with Crippen LogP contribution in [0.4, 0.5) is 4.79 Å². The number of rotatable bonds is 11. The predicted molar refractivity (Wildman–Crippen MR) is 169 cm³/mol. The van der Waals surface area contributed by atoms with Gasteiger partial charge < -0.3 is 30.6 Å². The van der Waals surface area contributed by atoms with E-state index in [0.717, 1.165) is 4.90 Å². The van der Waals surface area contributed by atoms with E-state index in [1.807, 2.05) is 0 Å². The number of benzene rings is 1. The van der Waals surface area contributed by atoms with Gasteiger partial charge in [-0.25, -0.2) is 14.3 Å². The molecule has 1 unspecified atom stereocenters. The second-order valence-electron chi connectivity index (χ2n) is 10.6. The van der Waals surface area contributed by atoms with Crippen LogP contribution in [0.25, 0.3) is 0 Å². The number of fused-ring (bicyclic) bond motifs is 1. The maximum Gasteiger partial charge on any atom is 0.352 e. The molecular formula is C27H31N9O7S3. The minimum absolute atomic E-state index is 0.0106. The lowest BCUT2D eigenvalue weighted by Crippen LogP contribution is -2.78. The van der Waals surface area contributed by atoms with Crippen molar-refractivity contribution in [2.45, 2.75) is 42.5 Å². The molecule has 46 heavy (non-hydrogen) atoms. The molecule has 2 fully saturated rings. The Morgan fingerprint density at radius 3 is 2.61 bits per heavy atom. The summed E-state index contributed by atoms with van der Waals surface area (Å²) in [4.78, 5) is 68.4. The van der Waals surface area contributed by atoms with Crippen LogP contribution in [0.3, 0.4) is 0 Å². The van der Waals surface area contributed by atoms with E-state index in [4.69, 9.17) is 12.2 Å². The summed E-state index contributed by atoms with van der Waals surface area (Å²) in [5, 5.41) is 36.2. The molecule has 5 rings (SSSR count). The minimum atomic E-state index is -1.26. The van der Waals surface area contributed by atoms with Gasteiger partial charge in [0.15, 0.2) is 0 Å². The standard InChI is InChI=1S/C27H31N9O7S3/c1-3-33-9-10-34(21(40)20(33)39)25(43)28-17(15-7-5-4-6-8-15)19(38)29-27(2)23(44)36-18(22(41)42)16(13-45-24(27)36)14-46-26-30-31-32-35(26)11-12-37/h4-8,17,24,37H,3,9-14H2,1-2H3,(H,28,43)(H,29,38)(H,41,42)/t17?,24-,27+/m0/s1. The fourth-order valence-corrected chi connectivity index (χ4v) is 8.35. The van der Waals surface area contributed by atoms with Gasteiger partial charge in [0.1, 0.15) is 27.6 Å². The molecule has 4 N–H and O–H groups in total. The van der Waals surface area contributed by atoms with E-state index in [9.17, 15) is 34.2 Å². The van der Waals surface area contributed by atoms with E-state index in [-0.39, 0.29) is 42.7 Å². The largest absolute Gasteiger partial charge is 0.477 e.